The summed E-state index contributed by atoms with van der Waals surface area (Å²) in [5.41, 5.74) is 2.26. The zero-order valence-corrected chi connectivity index (χ0v) is 10.6. The minimum Gasteiger partial charge on any atom is -0.496 e. The van der Waals surface area contributed by atoms with Gasteiger partial charge in [0.2, 0.25) is 0 Å². The van der Waals surface area contributed by atoms with E-state index in [1.807, 2.05) is 12.1 Å². The molecule has 1 aromatic rings. The molecule has 0 aromatic heterocycles. The average molecular weight is 221 g/mol. The van der Waals surface area contributed by atoms with Crippen molar-refractivity contribution in [2.24, 2.45) is 0 Å². The van der Waals surface area contributed by atoms with Crippen LogP contribution in [0.1, 0.15) is 12.5 Å². The fraction of sp³-hybridized carbons (Fsp3) is 0.538. The second-order valence-corrected chi connectivity index (χ2v) is 3.98. The number of hydrogen-bond donors (Lipinski definition) is 1. The monoisotopic (exact) mass is 221 g/mol. The first-order chi connectivity index (χ1) is 7.69. The second kappa shape index (κ2) is 6.38. The maximum absolute atomic E-state index is 5.33. The van der Waals surface area contributed by atoms with Crippen LogP contribution in [0.15, 0.2) is 12.1 Å². The largest absolute Gasteiger partial charge is 0.496 e. The van der Waals surface area contributed by atoms with E-state index in [2.05, 4.69) is 37.3 Å². The van der Waals surface area contributed by atoms with E-state index in [-0.39, 0.29) is 0 Å². The molecule has 3 nitrogen and oxygen atoms in total. The number of likely N-dealkylation sites (N-methyl/N-ethyl adjacent to an activating group) is 1. The Morgan fingerprint density at radius 2 is 2.19 bits per heavy atom. The Bertz CT molecular complexity index is 324. The number of methoxy groups -OCH3 is 1. The Balaban J connectivity index is 2.71. The maximum Gasteiger partial charge on any atom is 0.124 e. The Morgan fingerprint density at radius 3 is 2.75 bits per heavy atom. The van der Waals surface area contributed by atoms with Gasteiger partial charge in [-0.3, -0.25) is 0 Å². The predicted octanol–water partition coefficient (Wildman–Crippen LogP) is 2.03. The molecule has 0 spiro atoms. The van der Waals surface area contributed by atoms with Crippen LogP contribution in [-0.4, -0.2) is 39.2 Å². The lowest BCUT2D eigenvalue weighted by Gasteiger charge is -2.15. The lowest BCUT2D eigenvalue weighted by atomic mass is 10.1. The summed E-state index contributed by atoms with van der Waals surface area (Å²) in [7, 11) is 5.84. The highest BCUT2D eigenvalue weighted by atomic mass is 16.5. The van der Waals surface area contributed by atoms with E-state index in [0.29, 0.717) is 0 Å². The third-order valence-corrected chi connectivity index (χ3v) is 2.50. The Labute approximate surface area is 98.4 Å². The summed E-state index contributed by atoms with van der Waals surface area (Å²) in [4.78, 5) is 2.15. The molecule has 0 amide bonds. The van der Waals surface area contributed by atoms with E-state index in [1.165, 1.54) is 5.56 Å². The highest BCUT2D eigenvalue weighted by Gasteiger charge is 2.06. The number of hydrogen-bond acceptors (Lipinski definition) is 3. The minimum absolute atomic E-state index is 0.920. The van der Waals surface area contributed by atoms with E-state index in [1.54, 1.807) is 7.11 Å². The molecular weight excluding hydrogens is 200 g/mol. The van der Waals surface area contributed by atoms with E-state index < -0.39 is 0 Å². The molecule has 1 radical (unpaired) electrons. The zero-order valence-electron chi connectivity index (χ0n) is 10.6. The van der Waals surface area contributed by atoms with Crippen LogP contribution in [0.5, 0.6) is 5.75 Å². The molecule has 0 bridgehead atoms. The molecule has 0 unspecified atom stereocenters. The summed E-state index contributed by atoms with van der Waals surface area (Å²) in [6, 6.07) is 7.08. The van der Waals surface area contributed by atoms with E-state index in [0.717, 1.165) is 30.9 Å². The van der Waals surface area contributed by atoms with Gasteiger partial charge in [-0.25, -0.2) is 0 Å². The predicted molar refractivity (Wildman–Crippen MR) is 68.3 cm³/mol. The summed E-state index contributed by atoms with van der Waals surface area (Å²) in [5, 5.41) is 3.39. The van der Waals surface area contributed by atoms with Crippen molar-refractivity contribution in [3.63, 3.8) is 0 Å². The molecule has 0 saturated heterocycles. The summed E-state index contributed by atoms with van der Waals surface area (Å²) in [5.74, 6) is 0.939. The highest BCUT2D eigenvalue weighted by Crippen LogP contribution is 2.26. The van der Waals surface area contributed by atoms with Gasteiger partial charge in [-0.05, 0) is 32.6 Å². The van der Waals surface area contributed by atoms with Gasteiger partial charge in [-0.1, -0.05) is 6.92 Å². The third-order valence-electron chi connectivity index (χ3n) is 2.50. The molecule has 1 N–H and O–H groups in total. The van der Waals surface area contributed by atoms with Gasteiger partial charge in [0.25, 0.3) is 0 Å². The zero-order chi connectivity index (χ0) is 12.0. The van der Waals surface area contributed by atoms with Crippen molar-refractivity contribution in [2.45, 2.75) is 13.3 Å². The van der Waals surface area contributed by atoms with Crippen molar-refractivity contribution in [1.29, 1.82) is 0 Å². The third kappa shape index (κ3) is 3.42. The normalized spacial score (nSPS) is 10.6. The van der Waals surface area contributed by atoms with Crippen LogP contribution in [0.25, 0.3) is 0 Å². The SMILES string of the molecule is CCc1c(NCCN(C)C)[c]ccc1OC. The van der Waals surface area contributed by atoms with Crippen LogP contribution in [-0.2, 0) is 6.42 Å². The van der Waals surface area contributed by atoms with Crippen molar-refractivity contribution in [3.8, 4) is 5.75 Å². The molecule has 16 heavy (non-hydrogen) atoms. The van der Waals surface area contributed by atoms with E-state index in [4.69, 9.17) is 4.74 Å². The van der Waals surface area contributed by atoms with Crippen LogP contribution in [0, 0.1) is 6.07 Å². The maximum atomic E-state index is 5.33. The number of benzene rings is 1. The van der Waals surface area contributed by atoms with Crippen molar-refractivity contribution < 1.29 is 4.74 Å². The second-order valence-electron chi connectivity index (χ2n) is 3.98. The van der Waals surface area contributed by atoms with Crippen LogP contribution >= 0.6 is 0 Å². The molecule has 0 heterocycles. The smallest absolute Gasteiger partial charge is 0.124 e. The summed E-state index contributed by atoms with van der Waals surface area (Å²) >= 11 is 0. The van der Waals surface area contributed by atoms with Gasteiger partial charge in [0.1, 0.15) is 5.75 Å². The Morgan fingerprint density at radius 1 is 1.44 bits per heavy atom. The standard InChI is InChI=1S/C13H21N2O/c1-5-11-12(14-9-10-15(2)3)7-6-8-13(11)16-4/h6,8,14H,5,9-10H2,1-4H3. The van der Waals surface area contributed by atoms with Gasteiger partial charge >= 0.3 is 0 Å². The van der Waals surface area contributed by atoms with E-state index in [9.17, 15) is 0 Å². The molecule has 0 atom stereocenters. The molecule has 0 saturated carbocycles. The van der Waals surface area contributed by atoms with Gasteiger partial charge in [-0.15, -0.1) is 0 Å². The number of nitrogens with one attached hydrogen (secondary N) is 1. The first-order valence-electron chi connectivity index (χ1n) is 5.65. The number of nitrogens with zero attached hydrogens (tertiary/aromatic N) is 1. The van der Waals surface area contributed by atoms with Crippen LogP contribution in [0.4, 0.5) is 5.69 Å². The molecule has 0 fully saturated rings. The lowest BCUT2D eigenvalue weighted by Crippen LogP contribution is -2.21. The molecule has 3 heteroatoms. The minimum atomic E-state index is 0.920. The van der Waals surface area contributed by atoms with Crippen molar-refractivity contribution in [1.82, 2.24) is 4.90 Å². The molecule has 1 aromatic carbocycles. The first kappa shape index (κ1) is 12.8. The van der Waals surface area contributed by atoms with Crippen LogP contribution in [0.2, 0.25) is 0 Å². The van der Waals surface area contributed by atoms with Gasteiger partial charge in [0.05, 0.1) is 7.11 Å². The summed E-state index contributed by atoms with van der Waals surface area (Å²) in [6.07, 6.45) is 0.949. The fourth-order valence-electron chi connectivity index (χ4n) is 1.62. The van der Waals surface area contributed by atoms with Crippen LogP contribution < -0.4 is 10.1 Å². The topological polar surface area (TPSA) is 24.5 Å². The van der Waals surface area contributed by atoms with Gasteiger partial charge in [0.15, 0.2) is 0 Å². The molecule has 89 valence electrons. The van der Waals surface area contributed by atoms with Crippen molar-refractivity contribution in [3.05, 3.63) is 23.8 Å². The quantitative estimate of drug-likeness (QED) is 0.795. The first-order valence-corrected chi connectivity index (χ1v) is 5.65. The average Bonchev–Trinajstić information content (AvgIpc) is 2.28. The van der Waals surface area contributed by atoms with E-state index >= 15 is 0 Å². The molecular formula is C13H21N2O. The van der Waals surface area contributed by atoms with Crippen LogP contribution in [0.3, 0.4) is 0 Å². The number of ether oxygens (including phenoxy) is 1. The number of anilines is 1. The lowest BCUT2D eigenvalue weighted by molar-refractivity contribution is 0.410. The highest BCUT2D eigenvalue weighted by molar-refractivity contribution is 5.56. The van der Waals surface area contributed by atoms with Crippen molar-refractivity contribution in [2.75, 3.05) is 39.6 Å². The summed E-state index contributed by atoms with van der Waals surface area (Å²) < 4.78 is 5.33. The molecule has 0 aliphatic rings. The van der Waals surface area contributed by atoms with Crippen molar-refractivity contribution >= 4 is 5.69 Å². The Kier molecular flexibility index (Phi) is 5.12. The fourth-order valence-corrected chi connectivity index (χ4v) is 1.62. The van der Waals surface area contributed by atoms with Gasteiger partial charge in [0, 0.05) is 30.4 Å². The Hall–Kier alpha value is -1.22. The molecule has 1 rings (SSSR count). The molecule has 0 aliphatic carbocycles. The van der Waals surface area contributed by atoms with Gasteiger partial charge in [-0.2, -0.15) is 0 Å². The molecule has 0 aliphatic heterocycles. The van der Waals surface area contributed by atoms with Gasteiger partial charge < -0.3 is 15.0 Å². The summed E-state index contributed by atoms with van der Waals surface area (Å²) in [6.45, 7) is 4.06. The number of rotatable bonds is 6.